The Hall–Kier alpha value is -4.14. The molecular formula is C38H34Cl2N2O6. The zero-order valence-corrected chi connectivity index (χ0v) is 28.2. The van der Waals surface area contributed by atoms with E-state index in [1.807, 2.05) is 58.3 Å². The molecule has 5 aliphatic rings. The average molecular weight is 686 g/mol. The lowest BCUT2D eigenvalue weighted by Crippen LogP contribution is -2.55. The van der Waals surface area contributed by atoms with Gasteiger partial charge in [0.2, 0.25) is 11.8 Å². The molecule has 48 heavy (non-hydrogen) atoms. The second-order valence-electron chi connectivity index (χ2n) is 13.8. The summed E-state index contributed by atoms with van der Waals surface area (Å²) in [7, 11) is 0. The Morgan fingerprint density at radius 2 is 1.04 bits per heavy atom. The molecule has 3 aliphatic carbocycles. The number of fused-ring (bicyclic) bond motifs is 7. The highest BCUT2D eigenvalue weighted by Gasteiger charge is 2.69. The summed E-state index contributed by atoms with van der Waals surface area (Å²) in [5.41, 5.74) is 2.07. The van der Waals surface area contributed by atoms with E-state index < -0.39 is 22.8 Å². The van der Waals surface area contributed by atoms with Crippen LogP contribution in [0.5, 0.6) is 11.5 Å². The zero-order valence-electron chi connectivity index (χ0n) is 26.7. The summed E-state index contributed by atoms with van der Waals surface area (Å²) < 4.78 is 11.2. The van der Waals surface area contributed by atoms with E-state index in [0.717, 1.165) is 32.7 Å². The van der Waals surface area contributed by atoms with Crippen LogP contribution in [0.15, 0.2) is 60.7 Å². The van der Waals surface area contributed by atoms with Crippen LogP contribution in [0.2, 0.25) is 0 Å². The lowest BCUT2D eigenvalue weighted by molar-refractivity contribution is -0.144. The van der Waals surface area contributed by atoms with Gasteiger partial charge in [-0.25, -0.2) is 0 Å². The van der Waals surface area contributed by atoms with Crippen molar-refractivity contribution in [1.29, 1.82) is 0 Å². The Morgan fingerprint density at radius 1 is 0.667 bits per heavy atom. The van der Waals surface area contributed by atoms with Gasteiger partial charge < -0.3 is 19.3 Å². The van der Waals surface area contributed by atoms with E-state index in [2.05, 4.69) is 0 Å². The maximum absolute atomic E-state index is 14.6. The van der Waals surface area contributed by atoms with Gasteiger partial charge in [-0.3, -0.25) is 19.2 Å². The van der Waals surface area contributed by atoms with Gasteiger partial charge in [0.15, 0.2) is 0 Å². The van der Waals surface area contributed by atoms with Crippen molar-refractivity contribution >= 4 is 79.9 Å². The summed E-state index contributed by atoms with van der Waals surface area (Å²) in [6.07, 6.45) is 2.13. The minimum absolute atomic E-state index is 0.00931. The van der Waals surface area contributed by atoms with Crippen LogP contribution < -0.4 is 19.3 Å². The molecule has 246 valence electrons. The zero-order chi connectivity index (χ0) is 33.5. The smallest absolute Gasteiger partial charge is 0.308 e. The Bertz CT molecular complexity index is 1930. The Morgan fingerprint density at radius 3 is 1.40 bits per heavy atom. The molecule has 3 saturated carbocycles. The van der Waals surface area contributed by atoms with Gasteiger partial charge in [0.05, 0.1) is 22.2 Å². The van der Waals surface area contributed by atoms with Gasteiger partial charge in [-0.2, -0.15) is 0 Å². The summed E-state index contributed by atoms with van der Waals surface area (Å²) in [4.78, 5) is 56.8. The highest BCUT2D eigenvalue weighted by atomic mass is 35.5. The number of carbonyl (C=O) groups is 4. The molecule has 0 N–H and O–H groups in total. The molecule has 4 aromatic rings. The first-order valence-corrected chi connectivity index (χ1v) is 17.4. The molecule has 8 nitrogen and oxygen atoms in total. The van der Waals surface area contributed by atoms with E-state index in [9.17, 15) is 19.2 Å². The molecule has 2 heterocycles. The maximum atomic E-state index is 14.6. The number of hydrogen-bond acceptors (Lipinski definition) is 6. The molecule has 2 aliphatic heterocycles. The molecule has 4 aromatic carbocycles. The molecule has 0 radical (unpaired) electrons. The first-order chi connectivity index (χ1) is 23.1. The first-order valence-electron chi connectivity index (χ1n) is 16.3. The van der Waals surface area contributed by atoms with Crippen molar-refractivity contribution in [1.82, 2.24) is 0 Å². The van der Waals surface area contributed by atoms with E-state index in [1.54, 1.807) is 12.1 Å². The number of amides is 2. The molecule has 0 saturated heterocycles. The molecule has 3 fully saturated rings. The number of anilines is 2. The van der Waals surface area contributed by atoms with E-state index in [-0.39, 0.29) is 23.7 Å². The highest BCUT2D eigenvalue weighted by Crippen LogP contribution is 2.69. The number of esters is 2. The third-order valence-electron chi connectivity index (χ3n) is 11.0. The van der Waals surface area contributed by atoms with Crippen LogP contribution >= 0.6 is 23.2 Å². The van der Waals surface area contributed by atoms with Gasteiger partial charge in [0.1, 0.15) is 11.5 Å². The minimum atomic E-state index is -0.665. The highest BCUT2D eigenvalue weighted by molar-refractivity contribution is 6.20. The number of nitrogens with zero attached hydrogens (tertiary/aromatic N) is 2. The van der Waals surface area contributed by atoms with E-state index in [1.165, 1.54) is 13.8 Å². The van der Waals surface area contributed by atoms with Crippen molar-refractivity contribution < 1.29 is 28.7 Å². The first kappa shape index (κ1) is 31.1. The molecule has 2 atom stereocenters. The Balaban J connectivity index is 1.12. The fourth-order valence-corrected chi connectivity index (χ4v) is 9.61. The van der Waals surface area contributed by atoms with Crippen molar-refractivity contribution in [2.45, 2.75) is 51.4 Å². The van der Waals surface area contributed by atoms with Crippen molar-refractivity contribution in [3.63, 3.8) is 0 Å². The second kappa shape index (κ2) is 11.2. The summed E-state index contributed by atoms with van der Waals surface area (Å²) in [6.45, 7) is 3.58. The predicted octanol–water partition coefficient (Wildman–Crippen LogP) is 7.44. The van der Waals surface area contributed by atoms with E-state index in [4.69, 9.17) is 32.7 Å². The van der Waals surface area contributed by atoms with Crippen LogP contribution in [0.3, 0.4) is 0 Å². The third kappa shape index (κ3) is 4.48. The van der Waals surface area contributed by atoms with Crippen LogP contribution in [0.1, 0.15) is 62.5 Å². The van der Waals surface area contributed by atoms with Gasteiger partial charge in [-0.15, -0.1) is 23.2 Å². The topological polar surface area (TPSA) is 93.2 Å². The van der Waals surface area contributed by atoms with E-state index in [0.29, 0.717) is 73.4 Å². The molecule has 0 unspecified atom stereocenters. The summed E-state index contributed by atoms with van der Waals surface area (Å²) in [5, 5.41) is 3.43. The standard InChI is InChI=1S/C38H34Cl2N2O6/c1-21(43)47-31-13-29-33(27-9-5-3-7-25(27)31)23(15-39)17-41(29)35(45)37-11-12-38(19-37,20-37)36(46)42-18-24(16-40)34-28-10-6-4-8-26(28)32(14-30(34)42)48-22(2)44/h3-10,13-14,23-24H,11-12,15-20H2,1-2H3/t23-,24-,37-,38+/m1/s1. The van der Waals surface area contributed by atoms with Crippen LogP contribution in [0, 0.1) is 10.8 Å². The molecule has 0 aromatic heterocycles. The van der Waals surface area contributed by atoms with E-state index >= 15 is 0 Å². The SMILES string of the molecule is CC(=O)Oc1cc2c(c3ccccc13)[C@H](CCl)CN2C(=O)[C@]12CC[C@](C(=O)N3C[C@@H](CCl)c4c3cc(OC(C)=O)c3ccccc43)(C1)C2. The van der Waals surface area contributed by atoms with Crippen molar-refractivity contribution in [3.8, 4) is 11.5 Å². The van der Waals surface area contributed by atoms with Crippen molar-refractivity contribution in [2.24, 2.45) is 10.8 Å². The van der Waals surface area contributed by atoms with Crippen LogP contribution in [0.4, 0.5) is 11.4 Å². The number of alkyl halides is 2. The Kier molecular flexibility index (Phi) is 7.27. The van der Waals surface area contributed by atoms with Crippen molar-refractivity contribution in [3.05, 3.63) is 71.8 Å². The number of carbonyl (C=O) groups excluding carboxylic acids is 4. The number of halogens is 2. The molecule has 2 bridgehead atoms. The molecule has 2 amide bonds. The number of rotatable bonds is 6. The fourth-order valence-electron chi connectivity index (χ4n) is 9.11. The van der Waals surface area contributed by atoms with Gasteiger partial charge >= 0.3 is 11.9 Å². The number of hydrogen-bond donors (Lipinski definition) is 0. The number of benzene rings is 4. The largest absolute Gasteiger partial charge is 0.426 e. The van der Waals surface area contributed by atoms with Gasteiger partial charge in [-0.1, -0.05) is 48.5 Å². The lowest BCUT2D eigenvalue weighted by atomic mass is 9.59. The van der Waals surface area contributed by atoms with Gasteiger partial charge in [0, 0.05) is 73.4 Å². The quantitative estimate of drug-likeness (QED) is 0.119. The maximum Gasteiger partial charge on any atom is 0.308 e. The van der Waals surface area contributed by atoms with Crippen molar-refractivity contribution in [2.75, 3.05) is 34.6 Å². The normalized spacial score (nSPS) is 25.2. The average Bonchev–Trinajstić information content (AvgIpc) is 3.83. The monoisotopic (exact) mass is 684 g/mol. The summed E-state index contributed by atoms with van der Waals surface area (Å²) >= 11 is 13.0. The molecule has 9 rings (SSSR count). The lowest BCUT2D eigenvalue weighted by Gasteiger charge is -2.47. The van der Waals surface area contributed by atoms with Crippen LogP contribution in [-0.4, -0.2) is 48.6 Å². The molecule has 10 heteroatoms. The Labute approximate surface area is 287 Å². The second-order valence-corrected chi connectivity index (χ2v) is 14.5. The number of ether oxygens (including phenoxy) is 2. The molecule has 0 spiro atoms. The fraction of sp³-hybridized carbons (Fsp3) is 0.368. The summed E-state index contributed by atoms with van der Waals surface area (Å²) in [5.74, 6) is 0.441. The third-order valence-corrected chi connectivity index (χ3v) is 11.7. The minimum Gasteiger partial charge on any atom is -0.426 e. The predicted molar refractivity (Wildman–Crippen MR) is 185 cm³/mol. The summed E-state index contributed by atoms with van der Waals surface area (Å²) in [6, 6.07) is 19.0. The van der Waals surface area contributed by atoms with Gasteiger partial charge in [0.25, 0.3) is 0 Å². The molecular weight excluding hydrogens is 651 g/mol. The van der Waals surface area contributed by atoms with Crippen LogP contribution in [-0.2, 0) is 19.2 Å². The van der Waals surface area contributed by atoms with Crippen LogP contribution in [0.25, 0.3) is 21.5 Å². The van der Waals surface area contributed by atoms with Gasteiger partial charge in [-0.05, 0) is 47.6 Å².